The second kappa shape index (κ2) is 9.23. The molecule has 2 aromatic rings. The van der Waals surface area contributed by atoms with Crippen LogP contribution in [0.5, 0.6) is 0 Å². The summed E-state index contributed by atoms with van der Waals surface area (Å²) in [6, 6.07) is 11.0. The van der Waals surface area contributed by atoms with E-state index in [0.717, 1.165) is 24.0 Å². The van der Waals surface area contributed by atoms with Crippen molar-refractivity contribution in [1.29, 1.82) is 0 Å². The number of carboxylic acid groups (broad SMARTS) is 1. The Hall–Kier alpha value is -2.99. The molecule has 1 amide bonds. The fourth-order valence-electron chi connectivity index (χ4n) is 4.59. The van der Waals surface area contributed by atoms with Crippen LogP contribution < -0.4 is 0 Å². The molecular weight excluding hydrogens is 487 g/mol. The fraction of sp³-hybridized carbons (Fsp3) is 0.435. The van der Waals surface area contributed by atoms with Crippen LogP contribution in [-0.2, 0) is 31.6 Å². The standard InChI is InChI=1S/C21H23N3O3S.C2HF3O2/c25-20(12-17-4-3-10-22-13-17)23-11-9-21(15-23)18-5-1-2-6-19(18)28(26,27)24(21)14-16-7-8-16;3-2(4,5)1(6)7/h1-6,10,13,16H,7-9,11-12,14-15H2;(H,6,7). The number of carbonyl (C=O) groups is 2. The van der Waals surface area contributed by atoms with Gasteiger partial charge in [0.05, 0.1) is 16.9 Å². The lowest BCUT2D eigenvalue weighted by atomic mass is 9.88. The van der Waals surface area contributed by atoms with Crippen molar-refractivity contribution >= 4 is 21.9 Å². The smallest absolute Gasteiger partial charge is 0.475 e. The van der Waals surface area contributed by atoms with Gasteiger partial charge in [0.25, 0.3) is 0 Å². The first-order chi connectivity index (χ1) is 16.4. The summed E-state index contributed by atoms with van der Waals surface area (Å²) < 4.78 is 60.0. The molecule has 2 fully saturated rings. The molecule has 0 radical (unpaired) electrons. The van der Waals surface area contributed by atoms with E-state index < -0.39 is 27.7 Å². The monoisotopic (exact) mass is 511 g/mol. The molecule has 0 bridgehead atoms. The quantitative estimate of drug-likeness (QED) is 0.677. The number of aromatic nitrogens is 1. The highest BCUT2D eigenvalue weighted by Crippen LogP contribution is 2.51. The molecule has 2 aliphatic heterocycles. The lowest BCUT2D eigenvalue weighted by molar-refractivity contribution is -0.192. The lowest BCUT2D eigenvalue weighted by Crippen LogP contribution is -2.47. The highest BCUT2D eigenvalue weighted by atomic mass is 32.2. The minimum absolute atomic E-state index is 0.0260. The Labute approximate surface area is 200 Å². The number of benzene rings is 1. The zero-order chi connectivity index (χ0) is 25.4. The van der Waals surface area contributed by atoms with Crippen molar-refractivity contribution in [2.75, 3.05) is 19.6 Å². The van der Waals surface area contributed by atoms with Crippen molar-refractivity contribution in [3.05, 3.63) is 59.9 Å². The summed E-state index contributed by atoms with van der Waals surface area (Å²) in [4.78, 5) is 28.1. The van der Waals surface area contributed by atoms with E-state index in [1.807, 2.05) is 29.2 Å². The number of rotatable bonds is 4. The molecular formula is C23H24F3N3O5S. The van der Waals surface area contributed by atoms with Crippen LogP contribution >= 0.6 is 0 Å². The Morgan fingerprint density at radius 1 is 1.14 bits per heavy atom. The van der Waals surface area contributed by atoms with E-state index in [2.05, 4.69) is 4.98 Å². The first-order valence-corrected chi connectivity index (χ1v) is 12.5. The zero-order valence-electron chi connectivity index (χ0n) is 18.6. The Kier molecular flexibility index (Phi) is 6.62. The van der Waals surface area contributed by atoms with Crippen molar-refractivity contribution in [2.45, 2.75) is 42.3 Å². The van der Waals surface area contributed by atoms with Gasteiger partial charge < -0.3 is 10.0 Å². The predicted octanol–water partition coefficient (Wildman–Crippen LogP) is 2.80. The van der Waals surface area contributed by atoms with Crippen molar-refractivity contribution in [2.24, 2.45) is 5.92 Å². The van der Waals surface area contributed by atoms with Crippen LogP contribution in [0, 0.1) is 5.92 Å². The zero-order valence-corrected chi connectivity index (χ0v) is 19.4. The van der Waals surface area contributed by atoms with Gasteiger partial charge in [0, 0.05) is 32.0 Å². The lowest BCUT2D eigenvalue weighted by Gasteiger charge is -2.34. The van der Waals surface area contributed by atoms with Gasteiger partial charge >= 0.3 is 12.1 Å². The van der Waals surface area contributed by atoms with Gasteiger partial charge in [0.15, 0.2) is 0 Å². The van der Waals surface area contributed by atoms with Gasteiger partial charge in [-0.05, 0) is 48.4 Å². The highest BCUT2D eigenvalue weighted by Gasteiger charge is 2.58. The third kappa shape index (κ3) is 5.03. The summed E-state index contributed by atoms with van der Waals surface area (Å²) >= 11 is 0. The molecule has 3 heterocycles. The number of nitrogens with zero attached hydrogens (tertiary/aromatic N) is 3. The van der Waals surface area contributed by atoms with E-state index in [9.17, 15) is 26.4 Å². The van der Waals surface area contributed by atoms with Crippen molar-refractivity contribution in [3.8, 4) is 0 Å². The van der Waals surface area contributed by atoms with Gasteiger partial charge in [0.1, 0.15) is 0 Å². The molecule has 1 atom stereocenters. The van der Waals surface area contributed by atoms with E-state index in [1.165, 1.54) is 0 Å². The largest absolute Gasteiger partial charge is 0.490 e. The van der Waals surface area contributed by atoms with Gasteiger partial charge in [-0.3, -0.25) is 9.78 Å². The van der Waals surface area contributed by atoms with E-state index in [-0.39, 0.29) is 5.91 Å². The van der Waals surface area contributed by atoms with Gasteiger partial charge in [-0.2, -0.15) is 17.5 Å². The van der Waals surface area contributed by atoms with Crippen LogP contribution in [0.4, 0.5) is 13.2 Å². The van der Waals surface area contributed by atoms with E-state index in [4.69, 9.17) is 9.90 Å². The van der Waals surface area contributed by atoms with Crippen molar-refractivity contribution in [3.63, 3.8) is 0 Å². The summed E-state index contributed by atoms with van der Waals surface area (Å²) in [7, 11) is -3.52. The molecule has 188 valence electrons. The second-order valence-corrected chi connectivity index (χ2v) is 10.7. The SMILES string of the molecule is O=C(Cc1cccnc1)N1CCC2(C1)c1ccccc1S(=O)(=O)N2CC1CC1.O=C(O)C(F)(F)F. The average molecular weight is 512 g/mol. The number of aliphatic carboxylic acids is 1. The molecule has 1 N–H and O–H groups in total. The number of carbonyl (C=O) groups excluding carboxylic acids is 1. The Bertz CT molecular complexity index is 1220. The number of amides is 1. The van der Waals surface area contributed by atoms with E-state index >= 15 is 0 Å². The number of alkyl halides is 3. The van der Waals surface area contributed by atoms with Crippen LogP contribution in [-0.4, -0.2) is 65.4 Å². The molecule has 1 aromatic heterocycles. The van der Waals surface area contributed by atoms with Gasteiger partial charge in [-0.25, -0.2) is 13.2 Å². The molecule has 35 heavy (non-hydrogen) atoms. The molecule has 12 heteroatoms. The van der Waals surface area contributed by atoms with E-state index in [1.54, 1.807) is 28.8 Å². The van der Waals surface area contributed by atoms with Crippen LogP contribution in [0.2, 0.25) is 0 Å². The summed E-state index contributed by atoms with van der Waals surface area (Å²) in [6.07, 6.45) is 1.42. The van der Waals surface area contributed by atoms with Crippen LogP contribution in [0.15, 0.2) is 53.7 Å². The van der Waals surface area contributed by atoms with Gasteiger partial charge in [0.2, 0.25) is 15.9 Å². The number of hydrogen-bond donors (Lipinski definition) is 1. The summed E-state index contributed by atoms with van der Waals surface area (Å²) in [6.45, 7) is 1.56. The molecule has 1 spiro atoms. The molecule has 8 nitrogen and oxygen atoms in total. The van der Waals surface area contributed by atoms with Crippen molar-refractivity contribution in [1.82, 2.24) is 14.2 Å². The maximum absolute atomic E-state index is 13.3. The van der Waals surface area contributed by atoms with Gasteiger partial charge in [-0.15, -0.1) is 0 Å². The normalized spacial score (nSPS) is 23.0. The third-order valence-electron chi connectivity index (χ3n) is 6.48. The summed E-state index contributed by atoms with van der Waals surface area (Å²) in [5, 5.41) is 7.12. The number of likely N-dealkylation sites (tertiary alicyclic amines) is 1. The van der Waals surface area contributed by atoms with Crippen molar-refractivity contribution < 1.29 is 36.3 Å². The Balaban J connectivity index is 0.000000364. The molecule has 3 aliphatic rings. The molecule has 1 unspecified atom stereocenters. The number of pyridine rings is 1. The topological polar surface area (TPSA) is 108 Å². The summed E-state index contributed by atoms with van der Waals surface area (Å²) in [5.41, 5.74) is 1.11. The van der Waals surface area contributed by atoms with Crippen LogP contribution in [0.3, 0.4) is 0 Å². The summed E-state index contributed by atoms with van der Waals surface area (Å²) in [5.74, 6) is -2.29. The van der Waals surface area contributed by atoms with Crippen LogP contribution in [0.1, 0.15) is 30.4 Å². The number of fused-ring (bicyclic) bond motifs is 2. The maximum atomic E-state index is 13.3. The first kappa shape index (κ1) is 25.1. The molecule has 1 aromatic carbocycles. The molecule has 1 aliphatic carbocycles. The number of carboxylic acids is 1. The third-order valence-corrected chi connectivity index (χ3v) is 8.47. The van der Waals surface area contributed by atoms with E-state index in [0.29, 0.717) is 43.3 Å². The minimum Gasteiger partial charge on any atom is -0.475 e. The fourth-order valence-corrected chi connectivity index (χ4v) is 6.72. The highest BCUT2D eigenvalue weighted by molar-refractivity contribution is 7.89. The predicted molar refractivity (Wildman–Crippen MR) is 118 cm³/mol. The van der Waals surface area contributed by atoms with Crippen LogP contribution in [0.25, 0.3) is 0 Å². The molecule has 1 saturated carbocycles. The number of sulfonamides is 1. The number of hydrogen-bond acceptors (Lipinski definition) is 5. The van der Waals surface area contributed by atoms with Gasteiger partial charge in [-0.1, -0.05) is 24.3 Å². The Morgan fingerprint density at radius 3 is 2.43 bits per heavy atom. The number of halogens is 3. The molecule has 5 rings (SSSR count). The average Bonchev–Trinajstić information content (AvgIpc) is 3.49. The molecule has 1 saturated heterocycles. The second-order valence-electron chi connectivity index (χ2n) is 8.91. The Morgan fingerprint density at radius 2 is 1.83 bits per heavy atom. The first-order valence-electron chi connectivity index (χ1n) is 11.0. The maximum Gasteiger partial charge on any atom is 0.490 e. The minimum atomic E-state index is -5.08.